The first kappa shape index (κ1) is 14.9. The fourth-order valence-electron chi connectivity index (χ4n) is 2.96. The first-order chi connectivity index (χ1) is 9.60. The maximum atomic E-state index is 10.9. The van der Waals surface area contributed by atoms with Gasteiger partial charge in [0.2, 0.25) is 0 Å². The normalized spacial score (nSPS) is 21.4. The number of hydrogen-bond acceptors (Lipinski definition) is 3. The van der Waals surface area contributed by atoms with E-state index in [2.05, 4.69) is 24.0 Å². The Kier molecular flexibility index (Phi) is 5.01. The molecule has 0 radical (unpaired) electrons. The highest BCUT2D eigenvalue weighted by Gasteiger charge is 2.25. The first-order valence-electron chi connectivity index (χ1n) is 7.20. The molecule has 0 aliphatic carbocycles. The van der Waals surface area contributed by atoms with Gasteiger partial charge in [-0.1, -0.05) is 12.1 Å². The van der Waals surface area contributed by atoms with Gasteiger partial charge < -0.3 is 9.84 Å². The van der Waals surface area contributed by atoms with Crippen molar-refractivity contribution in [2.45, 2.75) is 32.2 Å². The molecule has 1 aliphatic rings. The van der Waals surface area contributed by atoms with Crippen molar-refractivity contribution in [1.29, 1.82) is 0 Å². The van der Waals surface area contributed by atoms with Gasteiger partial charge in [-0.05, 0) is 49.9 Å². The minimum Gasteiger partial charge on any atom is -0.497 e. The molecule has 2 unspecified atom stereocenters. The summed E-state index contributed by atoms with van der Waals surface area (Å²) in [6.07, 6.45) is 2.39. The van der Waals surface area contributed by atoms with E-state index in [1.54, 1.807) is 7.11 Å². The minimum atomic E-state index is -0.686. The van der Waals surface area contributed by atoms with Crippen LogP contribution in [0, 0.1) is 5.92 Å². The number of hydrogen-bond donors (Lipinski definition) is 1. The second-order valence-corrected chi connectivity index (χ2v) is 5.55. The number of nitrogens with zero attached hydrogens (tertiary/aromatic N) is 1. The van der Waals surface area contributed by atoms with E-state index in [-0.39, 0.29) is 12.3 Å². The Morgan fingerprint density at radius 2 is 2.15 bits per heavy atom. The monoisotopic (exact) mass is 277 g/mol. The Bertz CT molecular complexity index is 444. The van der Waals surface area contributed by atoms with Gasteiger partial charge in [-0.15, -0.1) is 0 Å². The van der Waals surface area contributed by atoms with E-state index in [1.165, 1.54) is 5.56 Å². The summed E-state index contributed by atoms with van der Waals surface area (Å²) in [6.45, 7) is 4.10. The van der Waals surface area contributed by atoms with Gasteiger partial charge >= 0.3 is 5.97 Å². The molecule has 0 spiro atoms. The zero-order valence-electron chi connectivity index (χ0n) is 12.2. The van der Waals surface area contributed by atoms with Crippen molar-refractivity contribution in [3.8, 4) is 5.75 Å². The van der Waals surface area contributed by atoms with E-state index in [0.717, 1.165) is 31.7 Å². The van der Waals surface area contributed by atoms with Gasteiger partial charge in [-0.3, -0.25) is 9.69 Å². The van der Waals surface area contributed by atoms with Crippen molar-refractivity contribution in [2.75, 3.05) is 20.2 Å². The van der Waals surface area contributed by atoms with Crippen LogP contribution in [0.15, 0.2) is 24.3 Å². The van der Waals surface area contributed by atoms with E-state index >= 15 is 0 Å². The summed E-state index contributed by atoms with van der Waals surface area (Å²) in [4.78, 5) is 13.2. The molecule has 4 nitrogen and oxygen atoms in total. The van der Waals surface area contributed by atoms with Crippen LogP contribution in [0.2, 0.25) is 0 Å². The number of aliphatic carboxylic acids is 1. The number of carboxylic acid groups (broad SMARTS) is 1. The van der Waals surface area contributed by atoms with Crippen molar-refractivity contribution in [3.05, 3.63) is 29.8 Å². The Labute approximate surface area is 120 Å². The lowest BCUT2D eigenvalue weighted by molar-refractivity contribution is -0.138. The molecule has 20 heavy (non-hydrogen) atoms. The van der Waals surface area contributed by atoms with Crippen LogP contribution in [-0.4, -0.2) is 36.2 Å². The van der Waals surface area contributed by atoms with E-state index < -0.39 is 5.97 Å². The summed E-state index contributed by atoms with van der Waals surface area (Å²) in [5.74, 6) is 0.458. The maximum absolute atomic E-state index is 10.9. The SMILES string of the molecule is COc1ccc(C(C)N2CCCC(CC(=O)O)C2)cc1. The predicted octanol–water partition coefficient (Wildman–Crippen LogP) is 2.94. The van der Waals surface area contributed by atoms with Crippen LogP contribution in [0.1, 0.15) is 37.8 Å². The van der Waals surface area contributed by atoms with Crippen LogP contribution >= 0.6 is 0 Å². The number of carboxylic acids is 1. The number of ether oxygens (including phenoxy) is 1. The van der Waals surface area contributed by atoms with Crippen LogP contribution in [0.3, 0.4) is 0 Å². The lowest BCUT2D eigenvalue weighted by atomic mass is 9.93. The molecule has 1 aromatic rings. The van der Waals surface area contributed by atoms with Crippen molar-refractivity contribution in [3.63, 3.8) is 0 Å². The summed E-state index contributed by atoms with van der Waals surface area (Å²) in [5, 5.41) is 8.93. The Hall–Kier alpha value is -1.55. The van der Waals surface area contributed by atoms with Gasteiger partial charge in [-0.25, -0.2) is 0 Å². The zero-order valence-corrected chi connectivity index (χ0v) is 12.2. The average molecular weight is 277 g/mol. The summed E-state index contributed by atoms with van der Waals surface area (Å²) >= 11 is 0. The second-order valence-electron chi connectivity index (χ2n) is 5.55. The molecule has 1 aliphatic heterocycles. The standard InChI is InChI=1S/C16H23NO3/c1-12(14-5-7-15(20-2)8-6-14)17-9-3-4-13(11-17)10-16(18)19/h5-8,12-13H,3-4,9-11H2,1-2H3,(H,18,19). The highest BCUT2D eigenvalue weighted by molar-refractivity contribution is 5.67. The molecule has 110 valence electrons. The van der Waals surface area contributed by atoms with Gasteiger partial charge in [-0.2, -0.15) is 0 Å². The summed E-state index contributed by atoms with van der Waals surface area (Å²) < 4.78 is 5.18. The number of piperidine rings is 1. The van der Waals surface area contributed by atoms with Gasteiger partial charge in [0.15, 0.2) is 0 Å². The van der Waals surface area contributed by atoms with Crippen molar-refractivity contribution in [2.24, 2.45) is 5.92 Å². The van der Waals surface area contributed by atoms with Crippen LogP contribution in [0.5, 0.6) is 5.75 Å². The number of carbonyl (C=O) groups is 1. The van der Waals surface area contributed by atoms with Crippen molar-refractivity contribution >= 4 is 5.97 Å². The Morgan fingerprint density at radius 1 is 1.45 bits per heavy atom. The van der Waals surface area contributed by atoms with Gasteiger partial charge in [0.1, 0.15) is 5.75 Å². The van der Waals surface area contributed by atoms with E-state index in [9.17, 15) is 4.79 Å². The smallest absolute Gasteiger partial charge is 0.303 e. The summed E-state index contributed by atoms with van der Waals surface area (Å²) in [6, 6.07) is 8.45. The molecule has 1 heterocycles. The molecular weight excluding hydrogens is 254 g/mol. The molecule has 0 aromatic heterocycles. The van der Waals surface area contributed by atoms with E-state index in [1.807, 2.05) is 12.1 Å². The molecule has 4 heteroatoms. The third kappa shape index (κ3) is 3.73. The highest BCUT2D eigenvalue weighted by atomic mass is 16.5. The summed E-state index contributed by atoms with van der Waals surface area (Å²) in [7, 11) is 1.67. The quantitative estimate of drug-likeness (QED) is 0.899. The molecule has 1 fully saturated rings. The van der Waals surface area contributed by atoms with Crippen molar-refractivity contribution in [1.82, 2.24) is 4.90 Å². The van der Waals surface area contributed by atoms with Gasteiger partial charge in [0.25, 0.3) is 0 Å². The molecule has 1 saturated heterocycles. The zero-order chi connectivity index (χ0) is 14.5. The largest absolute Gasteiger partial charge is 0.497 e. The lowest BCUT2D eigenvalue weighted by Gasteiger charge is -2.36. The molecule has 1 N–H and O–H groups in total. The van der Waals surface area contributed by atoms with Gasteiger partial charge in [0.05, 0.1) is 7.11 Å². The minimum absolute atomic E-state index is 0.280. The maximum Gasteiger partial charge on any atom is 0.303 e. The summed E-state index contributed by atoms with van der Waals surface area (Å²) in [5.41, 5.74) is 1.25. The molecular formula is C16H23NO3. The average Bonchev–Trinajstić information content (AvgIpc) is 2.46. The number of rotatable bonds is 5. The van der Waals surface area contributed by atoms with Crippen molar-refractivity contribution < 1.29 is 14.6 Å². The first-order valence-corrected chi connectivity index (χ1v) is 7.20. The van der Waals surface area contributed by atoms with Crippen LogP contribution in [0.4, 0.5) is 0 Å². The van der Waals surface area contributed by atoms with Crippen LogP contribution < -0.4 is 4.74 Å². The molecule has 0 amide bonds. The van der Waals surface area contributed by atoms with E-state index in [0.29, 0.717) is 6.04 Å². The van der Waals surface area contributed by atoms with Crippen LogP contribution in [0.25, 0.3) is 0 Å². The number of methoxy groups -OCH3 is 1. The molecule has 2 rings (SSSR count). The number of benzene rings is 1. The van der Waals surface area contributed by atoms with Crippen LogP contribution in [-0.2, 0) is 4.79 Å². The fraction of sp³-hybridized carbons (Fsp3) is 0.562. The topological polar surface area (TPSA) is 49.8 Å². The Balaban J connectivity index is 1.99. The molecule has 1 aromatic carbocycles. The second kappa shape index (κ2) is 6.75. The molecule has 2 atom stereocenters. The molecule has 0 saturated carbocycles. The fourth-order valence-corrected chi connectivity index (χ4v) is 2.96. The number of likely N-dealkylation sites (tertiary alicyclic amines) is 1. The lowest BCUT2D eigenvalue weighted by Crippen LogP contribution is -2.37. The third-order valence-corrected chi connectivity index (χ3v) is 4.16. The van der Waals surface area contributed by atoms with E-state index in [4.69, 9.17) is 9.84 Å². The van der Waals surface area contributed by atoms with Gasteiger partial charge in [0, 0.05) is 19.0 Å². The third-order valence-electron chi connectivity index (χ3n) is 4.16. The predicted molar refractivity (Wildman–Crippen MR) is 78.0 cm³/mol. The molecule has 0 bridgehead atoms. The Morgan fingerprint density at radius 3 is 2.75 bits per heavy atom. The highest BCUT2D eigenvalue weighted by Crippen LogP contribution is 2.28.